The van der Waals surface area contributed by atoms with Crippen molar-refractivity contribution in [3.63, 3.8) is 0 Å². The van der Waals surface area contributed by atoms with Gasteiger partial charge in [0.05, 0.1) is 19.1 Å². The molecule has 1 saturated heterocycles. The summed E-state index contributed by atoms with van der Waals surface area (Å²) in [6, 6.07) is 8.63. The van der Waals surface area contributed by atoms with E-state index < -0.39 is 29.4 Å². The minimum Gasteiger partial charge on any atom is -0.493 e. The van der Waals surface area contributed by atoms with E-state index in [1.165, 1.54) is 35.2 Å². The number of hydrogen-bond acceptors (Lipinski definition) is 5. The lowest BCUT2D eigenvalue weighted by atomic mass is 9.83. The molecule has 2 aromatic carbocycles. The van der Waals surface area contributed by atoms with Crippen molar-refractivity contribution in [2.45, 2.75) is 32.1 Å². The molecule has 2 aromatic rings. The molecule has 2 aliphatic heterocycles. The van der Waals surface area contributed by atoms with E-state index in [9.17, 15) is 18.8 Å². The van der Waals surface area contributed by atoms with E-state index in [4.69, 9.17) is 9.47 Å². The summed E-state index contributed by atoms with van der Waals surface area (Å²) in [4.78, 5) is 39.3. The van der Waals surface area contributed by atoms with Gasteiger partial charge in [-0.05, 0) is 41.8 Å². The Bertz CT molecular complexity index is 1070. The zero-order valence-corrected chi connectivity index (χ0v) is 18.3. The molecule has 2 aliphatic rings. The van der Waals surface area contributed by atoms with Crippen molar-refractivity contribution >= 4 is 17.7 Å². The van der Waals surface area contributed by atoms with Gasteiger partial charge in [0.25, 0.3) is 0 Å². The molecule has 0 unspecified atom stereocenters. The minimum absolute atomic E-state index is 0.0369. The first-order valence-corrected chi connectivity index (χ1v) is 11.0. The molecule has 4 rings (SSSR count). The number of ketones is 1. The third kappa shape index (κ3) is 5.05. The summed E-state index contributed by atoms with van der Waals surface area (Å²) in [5, 5.41) is 0. The SMILES string of the molecule is CCOC(=O)CN1C[C@@H](c2cc3c(cc2F)OCC3)[C@H](CC(=O)Cc2ccc(F)cc2)C1=O. The molecule has 0 aliphatic carbocycles. The molecule has 6 nitrogen and oxygen atoms in total. The first kappa shape index (κ1) is 22.9. The van der Waals surface area contributed by atoms with Gasteiger partial charge in [-0.3, -0.25) is 14.4 Å². The van der Waals surface area contributed by atoms with Gasteiger partial charge in [0.1, 0.15) is 29.7 Å². The summed E-state index contributed by atoms with van der Waals surface area (Å²) >= 11 is 0. The summed E-state index contributed by atoms with van der Waals surface area (Å²) in [7, 11) is 0. The predicted molar refractivity (Wildman–Crippen MR) is 115 cm³/mol. The second kappa shape index (κ2) is 9.68. The highest BCUT2D eigenvalue weighted by atomic mass is 19.1. The van der Waals surface area contributed by atoms with Crippen molar-refractivity contribution in [2.75, 3.05) is 26.3 Å². The van der Waals surface area contributed by atoms with Gasteiger partial charge >= 0.3 is 5.97 Å². The van der Waals surface area contributed by atoms with E-state index in [0.717, 1.165) is 5.56 Å². The number of benzene rings is 2. The first-order chi connectivity index (χ1) is 15.9. The molecule has 0 radical (unpaired) electrons. The van der Waals surface area contributed by atoms with Crippen LogP contribution in [0.4, 0.5) is 8.78 Å². The molecular weight excluding hydrogens is 432 g/mol. The zero-order valence-electron chi connectivity index (χ0n) is 18.3. The van der Waals surface area contributed by atoms with Crippen molar-refractivity contribution in [1.82, 2.24) is 4.90 Å². The number of fused-ring (bicyclic) bond motifs is 1. The lowest BCUT2D eigenvalue weighted by Gasteiger charge is -2.18. The number of nitrogens with zero attached hydrogens (tertiary/aromatic N) is 1. The van der Waals surface area contributed by atoms with Gasteiger partial charge in [0.15, 0.2) is 0 Å². The molecule has 2 atom stereocenters. The molecule has 0 bridgehead atoms. The minimum atomic E-state index is -0.803. The third-order valence-corrected chi connectivity index (χ3v) is 6.13. The van der Waals surface area contributed by atoms with E-state index in [1.54, 1.807) is 13.0 Å². The monoisotopic (exact) mass is 457 g/mol. The number of carbonyl (C=O) groups excluding carboxylic acids is 3. The van der Waals surface area contributed by atoms with Crippen LogP contribution in [0.25, 0.3) is 0 Å². The van der Waals surface area contributed by atoms with Crippen LogP contribution in [-0.4, -0.2) is 48.9 Å². The fourth-order valence-corrected chi connectivity index (χ4v) is 4.56. The van der Waals surface area contributed by atoms with Crippen molar-refractivity contribution in [3.8, 4) is 5.75 Å². The molecule has 0 spiro atoms. The average molecular weight is 457 g/mol. The molecule has 2 heterocycles. The standard InChI is InChI=1S/C25H25F2NO5/c1-2-32-24(30)14-28-13-21(19-10-16-7-8-33-23(16)12-22(19)27)20(25(28)31)11-18(29)9-15-3-5-17(26)6-4-15/h3-6,10,12,20-21H,2,7-9,11,13-14H2,1H3/t20-,21-/m0/s1. The highest BCUT2D eigenvalue weighted by molar-refractivity contribution is 5.91. The fraction of sp³-hybridized carbons (Fsp3) is 0.400. The van der Waals surface area contributed by atoms with Crippen LogP contribution in [-0.2, 0) is 32.0 Å². The molecule has 174 valence electrons. The summed E-state index contributed by atoms with van der Waals surface area (Å²) in [5.41, 5.74) is 1.84. The molecule has 0 N–H and O–H groups in total. The van der Waals surface area contributed by atoms with Crippen LogP contribution in [0.1, 0.15) is 36.0 Å². The maximum absolute atomic E-state index is 15.0. The second-order valence-corrected chi connectivity index (χ2v) is 8.36. The topological polar surface area (TPSA) is 72.9 Å². The van der Waals surface area contributed by atoms with Crippen LogP contribution in [0.3, 0.4) is 0 Å². The van der Waals surface area contributed by atoms with Gasteiger partial charge in [0.2, 0.25) is 5.91 Å². The Morgan fingerprint density at radius 3 is 2.67 bits per heavy atom. The van der Waals surface area contributed by atoms with E-state index in [1.807, 2.05) is 0 Å². The first-order valence-electron chi connectivity index (χ1n) is 11.0. The Hall–Kier alpha value is -3.29. The highest BCUT2D eigenvalue weighted by Crippen LogP contribution is 2.40. The third-order valence-electron chi connectivity index (χ3n) is 6.13. The van der Waals surface area contributed by atoms with Crippen molar-refractivity contribution in [1.29, 1.82) is 0 Å². The largest absolute Gasteiger partial charge is 0.493 e. The number of ether oxygens (including phenoxy) is 2. The predicted octanol–water partition coefficient (Wildman–Crippen LogP) is 3.21. The van der Waals surface area contributed by atoms with Crippen molar-refractivity contribution in [3.05, 3.63) is 64.7 Å². The van der Waals surface area contributed by atoms with Gasteiger partial charge in [-0.15, -0.1) is 0 Å². The molecule has 0 aromatic heterocycles. The van der Waals surface area contributed by atoms with Gasteiger partial charge in [-0.1, -0.05) is 12.1 Å². The van der Waals surface area contributed by atoms with Crippen molar-refractivity contribution < 1.29 is 32.6 Å². The Kier molecular flexibility index (Phi) is 6.72. The van der Waals surface area contributed by atoms with Gasteiger partial charge in [-0.25, -0.2) is 8.78 Å². The highest BCUT2D eigenvalue weighted by Gasteiger charge is 2.44. The lowest BCUT2D eigenvalue weighted by Crippen LogP contribution is -2.34. The Labute approximate surface area is 190 Å². The molecule has 0 saturated carbocycles. The van der Waals surface area contributed by atoms with Crippen LogP contribution in [0.2, 0.25) is 0 Å². The van der Waals surface area contributed by atoms with Crippen LogP contribution in [0, 0.1) is 17.6 Å². The van der Waals surface area contributed by atoms with E-state index >= 15 is 4.39 Å². The van der Waals surface area contributed by atoms with E-state index in [-0.39, 0.29) is 44.2 Å². The number of likely N-dealkylation sites (tertiary alicyclic amines) is 1. The molecule has 33 heavy (non-hydrogen) atoms. The number of amides is 1. The Morgan fingerprint density at radius 1 is 1.18 bits per heavy atom. The maximum atomic E-state index is 15.0. The average Bonchev–Trinajstić information content (AvgIpc) is 3.34. The Morgan fingerprint density at radius 2 is 1.94 bits per heavy atom. The normalized spacial score (nSPS) is 19.4. The van der Waals surface area contributed by atoms with E-state index in [2.05, 4.69) is 0 Å². The number of carbonyl (C=O) groups is 3. The van der Waals surface area contributed by atoms with Gasteiger partial charge in [0, 0.05) is 37.8 Å². The molecule has 1 fully saturated rings. The smallest absolute Gasteiger partial charge is 0.325 e. The number of hydrogen-bond donors (Lipinski definition) is 0. The Balaban J connectivity index is 1.58. The number of esters is 1. The quantitative estimate of drug-likeness (QED) is 0.570. The molecule has 1 amide bonds. The zero-order chi connectivity index (χ0) is 23.5. The number of Topliss-reactive ketones (excluding diaryl/α,β-unsaturated/α-hetero) is 1. The van der Waals surface area contributed by atoms with Crippen LogP contribution >= 0.6 is 0 Å². The van der Waals surface area contributed by atoms with Crippen LogP contribution < -0.4 is 4.74 Å². The molecular formula is C25H25F2NO5. The summed E-state index contributed by atoms with van der Waals surface area (Å²) < 4.78 is 38.6. The number of rotatable bonds is 8. The molecule has 8 heteroatoms. The van der Waals surface area contributed by atoms with Gasteiger partial charge in [-0.2, -0.15) is 0 Å². The van der Waals surface area contributed by atoms with Crippen molar-refractivity contribution in [2.24, 2.45) is 5.92 Å². The van der Waals surface area contributed by atoms with E-state index in [0.29, 0.717) is 29.9 Å². The second-order valence-electron chi connectivity index (χ2n) is 8.36. The lowest BCUT2D eigenvalue weighted by molar-refractivity contribution is -0.148. The summed E-state index contributed by atoms with van der Waals surface area (Å²) in [6.45, 7) is 2.19. The van der Waals surface area contributed by atoms with Gasteiger partial charge < -0.3 is 14.4 Å². The number of halogens is 2. The van der Waals surface area contributed by atoms with Crippen LogP contribution in [0.15, 0.2) is 36.4 Å². The fourth-order valence-electron chi connectivity index (χ4n) is 4.56. The van der Waals surface area contributed by atoms with Crippen LogP contribution in [0.5, 0.6) is 5.75 Å². The summed E-state index contributed by atoms with van der Waals surface area (Å²) in [6.07, 6.45) is 0.576. The maximum Gasteiger partial charge on any atom is 0.325 e. The summed E-state index contributed by atoms with van der Waals surface area (Å²) in [5.74, 6) is -2.94.